The third-order valence-electron chi connectivity index (χ3n) is 2.89. The molecule has 1 aromatic rings. The van der Waals surface area contributed by atoms with E-state index < -0.39 is 0 Å². The van der Waals surface area contributed by atoms with E-state index in [1.807, 2.05) is 6.92 Å². The van der Waals surface area contributed by atoms with Crippen LogP contribution < -0.4 is 4.90 Å². The highest BCUT2D eigenvalue weighted by Crippen LogP contribution is 2.24. The maximum absolute atomic E-state index is 6.16. The van der Waals surface area contributed by atoms with Crippen LogP contribution in [0.3, 0.4) is 0 Å². The molecule has 0 N–H and O–H groups in total. The first-order valence-electron chi connectivity index (χ1n) is 6.08. The van der Waals surface area contributed by atoms with E-state index in [0.717, 1.165) is 56.4 Å². The van der Waals surface area contributed by atoms with E-state index in [4.69, 9.17) is 16.3 Å². The van der Waals surface area contributed by atoms with Crippen LogP contribution >= 0.6 is 11.6 Å². The molecule has 94 valence electrons. The van der Waals surface area contributed by atoms with Crippen LogP contribution in [0.25, 0.3) is 0 Å². The van der Waals surface area contributed by atoms with Crippen molar-refractivity contribution in [3.05, 3.63) is 16.5 Å². The maximum Gasteiger partial charge on any atom is 0.137 e. The molecule has 1 fully saturated rings. The summed E-state index contributed by atoms with van der Waals surface area (Å²) >= 11 is 6.16. The van der Waals surface area contributed by atoms with E-state index in [0.29, 0.717) is 5.15 Å². The van der Waals surface area contributed by atoms with Crippen LogP contribution in [-0.4, -0.2) is 36.3 Å². The van der Waals surface area contributed by atoms with Crippen molar-refractivity contribution in [2.45, 2.75) is 26.7 Å². The van der Waals surface area contributed by atoms with E-state index in [1.165, 1.54) is 0 Å². The van der Waals surface area contributed by atoms with Gasteiger partial charge in [-0.15, -0.1) is 0 Å². The number of aryl methyl sites for hydroxylation is 1. The lowest BCUT2D eigenvalue weighted by Gasteiger charge is -2.29. The molecule has 1 saturated heterocycles. The van der Waals surface area contributed by atoms with Crippen LogP contribution in [0.4, 0.5) is 5.82 Å². The Hall–Kier alpha value is -0.870. The average molecular weight is 256 g/mol. The number of anilines is 1. The zero-order chi connectivity index (χ0) is 12.3. The van der Waals surface area contributed by atoms with Crippen molar-refractivity contribution < 1.29 is 4.74 Å². The molecule has 1 aliphatic heterocycles. The molecule has 0 saturated carbocycles. The Kier molecular flexibility index (Phi) is 4.18. The zero-order valence-electron chi connectivity index (χ0n) is 10.4. The normalized spacial score (nSPS) is 16.3. The van der Waals surface area contributed by atoms with Gasteiger partial charge in [0.15, 0.2) is 0 Å². The minimum Gasteiger partial charge on any atom is -0.378 e. The summed E-state index contributed by atoms with van der Waals surface area (Å²) in [6.07, 6.45) is 1.90. The van der Waals surface area contributed by atoms with Crippen molar-refractivity contribution in [2.75, 3.05) is 31.2 Å². The minimum absolute atomic E-state index is 0.574. The number of aromatic nitrogens is 2. The third kappa shape index (κ3) is 2.87. The topological polar surface area (TPSA) is 38.2 Å². The Morgan fingerprint density at radius 2 is 2.00 bits per heavy atom. The highest BCUT2D eigenvalue weighted by molar-refractivity contribution is 6.30. The summed E-state index contributed by atoms with van der Waals surface area (Å²) in [5.41, 5.74) is 0.966. The number of morpholine rings is 1. The summed E-state index contributed by atoms with van der Waals surface area (Å²) in [6.45, 7) is 7.35. The fraction of sp³-hybridized carbons (Fsp3) is 0.667. The van der Waals surface area contributed by atoms with E-state index in [9.17, 15) is 0 Å². The smallest absolute Gasteiger partial charge is 0.137 e. The SMILES string of the molecule is CCCc1nc(Cl)c(C)c(N2CCOCC2)n1. The predicted octanol–water partition coefficient (Wildman–Crippen LogP) is 2.23. The zero-order valence-corrected chi connectivity index (χ0v) is 11.1. The lowest BCUT2D eigenvalue weighted by atomic mass is 10.2. The van der Waals surface area contributed by atoms with Crippen LogP contribution in [0.5, 0.6) is 0 Å². The Balaban J connectivity index is 2.29. The lowest BCUT2D eigenvalue weighted by Crippen LogP contribution is -2.37. The molecule has 17 heavy (non-hydrogen) atoms. The summed E-state index contributed by atoms with van der Waals surface area (Å²) in [6, 6.07) is 0. The molecule has 1 aliphatic rings. The number of ether oxygens (including phenoxy) is 1. The van der Waals surface area contributed by atoms with Crippen molar-refractivity contribution >= 4 is 17.4 Å². The van der Waals surface area contributed by atoms with Crippen molar-refractivity contribution in [1.82, 2.24) is 9.97 Å². The molecular weight excluding hydrogens is 238 g/mol. The minimum atomic E-state index is 0.574. The first kappa shape index (κ1) is 12.6. The van der Waals surface area contributed by atoms with Gasteiger partial charge in [0.1, 0.15) is 16.8 Å². The second-order valence-corrected chi connectivity index (χ2v) is 4.59. The molecule has 0 aromatic carbocycles. The molecule has 1 aromatic heterocycles. The third-order valence-corrected chi connectivity index (χ3v) is 3.26. The van der Waals surface area contributed by atoms with Gasteiger partial charge >= 0.3 is 0 Å². The van der Waals surface area contributed by atoms with Gasteiger partial charge in [0.2, 0.25) is 0 Å². The molecule has 0 radical (unpaired) electrons. The molecule has 4 nitrogen and oxygen atoms in total. The quantitative estimate of drug-likeness (QED) is 0.777. The van der Waals surface area contributed by atoms with Crippen LogP contribution in [-0.2, 0) is 11.2 Å². The lowest BCUT2D eigenvalue weighted by molar-refractivity contribution is 0.122. The molecule has 0 atom stereocenters. The fourth-order valence-corrected chi connectivity index (χ4v) is 2.12. The number of rotatable bonds is 3. The van der Waals surface area contributed by atoms with E-state index in [-0.39, 0.29) is 0 Å². The van der Waals surface area contributed by atoms with Gasteiger partial charge in [-0.2, -0.15) is 0 Å². The monoisotopic (exact) mass is 255 g/mol. The van der Waals surface area contributed by atoms with Gasteiger partial charge in [0, 0.05) is 25.1 Å². The van der Waals surface area contributed by atoms with Crippen molar-refractivity contribution in [2.24, 2.45) is 0 Å². The summed E-state index contributed by atoms with van der Waals surface area (Å²) < 4.78 is 5.35. The highest BCUT2D eigenvalue weighted by Gasteiger charge is 2.17. The Morgan fingerprint density at radius 1 is 1.29 bits per heavy atom. The first-order chi connectivity index (χ1) is 8.22. The number of nitrogens with zero attached hydrogens (tertiary/aromatic N) is 3. The summed E-state index contributed by atoms with van der Waals surface area (Å²) in [5, 5.41) is 0.574. The Morgan fingerprint density at radius 3 is 2.65 bits per heavy atom. The fourth-order valence-electron chi connectivity index (χ4n) is 1.94. The number of hydrogen-bond donors (Lipinski definition) is 0. The first-order valence-corrected chi connectivity index (χ1v) is 6.46. The van der Waals surface area contributed by atoms with Gasteiger partial charge in [-0.25, -0.2) is 9.97 Å². The van der Waals surface area contributed by atoms with Gasteiger partial charge in [-0.3, -0.25) is 0 Å². The molecule has 0 amide bonds. The van der Waals surface area contributed by atoms with Crippen molar-refractivity contribution in [3.63, 3.8) is 0 Å². The molecule has 2 rings (SSSR count). The van der Waals surface area contributed by atoms with Gasteiger partial charge < -0.3 is 9.64 Å². The van der Waals surface area contributed by atoms with Gasteiger partial charge in [0.05, 0.1) is 13.2 Å². The Labute approximate surface area is 107 Å². The molecular formula is C12H18ClN3O. The molecule has 0 aliphatic carbocycles. The second kappa shape index (κ2) is 5.65. The largest absolute Gasteiger partial charge is 0.378 e. The van der Waals surface area contributed by atoms with Gasteiger partial charge in [0.25, 0.3) is 0 Å². The summed E-state index contributed by atoms with van der Waals surface area (Å²) in [7, 11) is 0. The van der Waals surface area contributed by atoms with Crippen LogP contribution in [0.15, 0.2) is 0 Å². The van der Waals surface area contributed by atoms with E-state index in [2.05, 4.69) is 21.8 Å². The van der Waals surface area contributed by atoms with Crippen LogP contribution in [0, 0.1) is 6.92 Å². The number of halogens is 1. The molecule has 5 heteroatoms. The average Bonchev–Trinajstić information content (AvgIpc) is 2.35. The summed E-state index contributed by atoms with van der Waals surface area (Å²) in [5.74, 6) is 1.81. The van der Waals surface area contributed by atoms with E-state index >= 15 is 0 Å². The summed E-state index contributed by atoms with van der Waals surface area (Å²) in [4.78, 5) is 11.2. The van der Waals surface area contributed by atoms with Crippen molar-refractivity contribution in [1.29, 1.82) is 0 Å². The highest BCUT2D eigenvalue weighted by atomic mass is 35.5. The van der Waals surface area contributed by atoms with E-state index in [1.54, 1.807) is 0 Å². The second-order valence-electron chi connectivity index (χ2n) is 4.23. The van der Waals surface area contributed by atoms with Crippen LogP contribution in [0.1, 0.15) is 24.7 Å². The predicted molar refractivity (Wildman–Crippen MR) is 68.8 cm³/mol. The standard InChI is InChI=1S/C12H18ClN3O/c1-3-4-10-14-11(13)9(2)12(15-10)16-5-7-17-8-6-16/h3-8H2,1-2H3. The molecule has 0 spiro atoms. The molecule has 2 heterocycles. The van der Waals surface area contributed by atoms with Gasteiger partial charge in [-0.1, -0.05) is 18.5 Å². The van der Waals surface area contributed by atoms with Crippen molar-refractivity contribution in [3.8, 4) is 0 Å². The van der Waals surface area contributed by atoms with Gasteiger partial charge in [-0.05, 0) is 13.3 Å². The number of hydrogen-bond acceptors (Lipinski definition) is 4. The maximum atomic E-state index is 6.16. The molecule has 0 unspecified atom stereocenters. The Bertz CT molecular complexity index is 392. The molecule has 0 bridgehead atoms. The van der Waals surface area contributed by atoms with Crippen LogP contribution in [0.2, 0.25) is 5.15 Å².